The van der Waals surface area contributed by atoms with Crippen LogP contribution in [0.1, 0.15) is 5.56 Å². The lowest BCUT2D eigenvalue weighted by Gasteiger charge is -2.18. The largest absolute Gasteiger partial charge is 0.395 e. The summed E-state index contributed by atoms with van der Waals surface area (Å²) in [6, 6.07) is 3.73. The molecule has 0 fully saturated rings. The van der Waals surface area contributed by atoms with E-state index in [1.807, 2.05) is 7.05 Å². The molecule has 0 saturated heterocycles. The third-order valence-electron chi connectivity index (χ3n) is 1.77. The number of rotatable bonds is 3. The smallest absolute Gasteiger partial charge is 0.101 e. The lowest BCUT2D eigenvalue weighted by atomic mass is 10.2. The first-order chi connectivity index (χ1) is 6.29. The molecule has 4 heteroatoms. The van der Waals surface area contributed by atoms with Crippen molar-refractivity contribution in [3.8, 4) is 6.07 Å². The SMILES string of the molecule is CN(CCO)c1cnccc1C#N. The Hall–Kier alpha value is -1.60. The monoisotopic (exact) mass is 177 g/mol. The van der Waals surface area contributed by atoms with Gasteiger partial charge < -0.3 is 10.0 Å². The van der Waals surface area contributed by atoms with Gasteiger partial charge in [-0.2, -0.15) is 5.26 Å². The second-order valence-electron chi connectivity index (χ2n) is 2.65. The average Bonchev–Trinajstić information content (AvgIpc) is 2.18. The van der Waals surface area contributed by atoms with E-state index in [4.69, 9.17) is 10.4 Å². The van der Waals surface area contributed by atoms with Gasteiger partial charge in [-0.25, -0.2) is 0 Å². The minimum atomic E-state index is 0.0657. The number of aliphatic hydroxyl groups excluding tert-OH is 1. The van der Waals surface area contributed by atoms with Crippen LogP contribution in [0, 0.1) is 11.3 Å². The number of likely N-dealkylation sites (N-methyl/N-ethyl adjacent to an activating group) is 1. The maximum Gasteiger partial charge on any atom is 0.101 e. The van der Waals surface area contributed by atoms with E-state index in [1.54, 1.807) is 23.4 Å². The Morgan fingerprint density at radius 1 is 1.69 bits per heavy atom. The van der Waals surface area contributed by atoms with Crippen LogP contribution < -0.4 is 4.90 Å². The average molecular weight is 177 g/mol. The van der Waals surface area contributed by atoms with Crippen LogP contribution in [0.2, 0.25) is 0 Å². The Morgan fingerprint density at radius 2 is 2.46 bits per heavy atom. The predicted molar refractivity (Wildman–Crippen MR) is 49.3 cm³/mol. The molecule has 0 aromatic carbocycles. The van der Waals surface area contributed by atoms with Crippen LogP contribution in [-0.4, -0.2) is 30.3 Å². The van der Waals surface area contributed by atoms with Crippen molar-refractivity contribution in [1.82, 2.24) is 4.98 Å². The van der Waals surface area contributed by atoms with Crippen LogP contribution in [0.5, 0.6) is 0 Å². The molecule has 0 aliphatic rings. The van der Waals surface area contributed by atoms with Crippen molar-refractivity contribution in [2.75, 3.05) is 25.1 Å². The molecular weight excluding hydrogens is 166 g/mol. The van der Waals surface area contributed by atoms with Gasteiger partial charge in [0.05, 0.1) is 24.1 Å². The Balaban J connectivity index is 2.93. The maximum absolute atomic E-state index is 8.77. The van der Waals surface area contributed by atoms with Crippen LogP contribution in [0.25, 0.3) is 0 Å². The normalized spacial score (nSPS) is 9.31. The van der Waals surface area contributed by atoms with Crippen LogP contribution in [0.4, 0.5) is 5.69 Å². The molecule has 0 saturated carbocycles. The van der Waals surface area contributed by atoms with Crippen molar-refractivity contribution >= 4 is 5.69 Å². The zero-order valence-electron chi connectivity index (χ0n) is 7.44. The van der Waals surface area contributed by atoms with E-state index in [-0.39, 0.29) is 6.61 Å². The second-order valence-corrected chi connectivity index (χ2v) is 2.65. The molecule has 4 nitrogen and oxygen atoms in total. The minimum Gasteiger partial charge on any atom is -0.395 e. The molecule has 0 aliphatic carbocycles. The van der Waals surface area contributed by atoms with Gasteiger partial charge in [-0.3, -0.25) is 4.98 Å². The van der Waals surface area contributed by atoms with Gasteiger partial charge in [-0.05, 0) is 6.07 Å². The number of pyridine rings is 1. The first-order valence-corrected chi connectivity index (χ1v) is 3.95. The topological polar surface area (TPSA) is 60.1 Å². The van der Waals surface area contributed by atoms with E-state index in [1.165, 1.54) is 0 Å². The first-order valence-electron chi connectivity index (χ1n) is 3.95. The van der Waals surface area contributed by atoms with Crippen molar-refractivity contribution in [3.05, 3.63) is 24.0 Å². The minimum absolute atomic E-state index is 0.0657. The third-order valence-corrected chi connectivity index (χ3v) is 1.77. The number of aromatic nitrogens is 1. The molecular formula is C9H11N3O. The summed E-state index contributed by atoms with van der Waals surface area (Å²) in [7, 11) is 1.81. The van der Waals surface area contributed by atoms with Crippen LogP contribution in [-0.2, 0) is 0 Å². The molecule has 1 heterocycles. The van der Waals surface area contributed by atoms with E-state index in [2.05, 4.69) is 11.1 Å². The lowest BCUT2D eigenvalue weighted by Crippen LogP contribution is -2.22. The Kier molecular flexibility index (Phi) is 3.23. The van der Waals surface area contributed by atoms with Gasteiger partial charge in [0.25, 0.3) is 0 Å². The van der Waals surface area contributed by atoms with Gasteiger partial charge in [0, 0.05) is 19.8 Å². The van der Waals surface area contributed by atoms with Crippen LogP contribution in [0.15, 0.2) is 18.5 Å². The summed E-state index contributed by atoms with van der Waals surface area (Å²) >= 11 is 0. The highest BCUT2D eigenvalue weighted by molar-refractivity contribution is 5.56. The molecule has 0 atom stereocenters. The standard InChI is InChI=1S/C9H11N3O/c1-12(4-5-13)9-7-11-3-2-8(9)6-10/h2-3,7,13H,4-5H2,1H3. The number of nitrogens with zero attached hydrogens (tertiary/aromatic N) is 3. The van der Waals surface area contributed by atoms with Crippen molar-refractivity contribution in [2.24, 2.45) is 0 Å². The fourth-order valence-corrected chi connectivity index (χ4v) is 1.06. The van der Waals surface area contributed by atoms with E-state index in [0.717, 1.165) is 5.69 Å². The van der Waals surface area contributed by atoms with Crippen molar-refractivity contribution in [1.29, 1.82) is 5.26 Å². The molecule has 1 aromatic heterocycles. The molecule has 1 rings (SSSR count). The van der Waals surface area contributed by atoms with Crippen molar-refractivity contribution < 1.29 is 5.11 Å². The van der Waals surface area contributed by atoms with Gasteiger partial charge in [0.2, 0.25) is 0 Å². The molecule has 0 spiro atoms. The molecule has 68 valence electrons. The fourth-order valence-electron chi connectivity index (χ4n) is 1.06. The van der Waals surface area contributed by atoms with Gasteiger partial charge in [-0.15, -0.1) is 0 Å². The van der Waals surface area contributed by atoms with E-state index in [9.17, 15) is 0 Å². The Bertz CT molecular complexity index is 319. The van der Waals surface area contributed by atoms with Crippen molar-refractivity contribution in [2.45, 2.75) is 0 Å². The zero-order valence-corrected chi connectivity index (χ0v) is 7.44. The summed E-state index contributed by atoms with van der Waals surface area (Å²) in [4.78, 5) is 5.72. The van der Waals surface area contributed by atoms with Gasteiger partial charge in [0.15, 0.2) is 0 Å². The Labute approximate surface area is 77.1 Å². The van der Waals surface area contributed by atoms with Gasteiger partial charge in [-0.1, -0.05) is 0 Å². The number of nitriles is 1. The highest BCUT2D eigenvalue weighted by Gasteiger charge is 2.05. The van der Waals surface area contributed by atoms with Gasteiger partial charge >= 0.3 is 0 Å². The third kappa shape index (κ3) is 2.17. The number of aliphatic hydroxyl groups is 1. The summed E-state index contributed by atoms with van der Waals surface area (Å²) < 4.78 is 0. The van der Waals surface area contributed by atoms with Gasteiger partial charge in [0.1, 0.15) is 6.07 Å². The van der Waals surface area contributed by atoms with E-state index < -0.39 is 0 Å². The molecule has 0 unspecified atom stereocenters. The summed E-state index contributed by atoms with van der Waals surface area (Å²) in [6.07, 6.45) is 3.20. The summed E-state index contributed by atoms with van der Waals surface area (Å²) in [5, 5.41) is 17.5. The Morgan fingerprint density at radius 3 is 3.08 bits per heavy atom. The summed E-state index contributed by atoms with van der Waals surface area (Å²) in [6.45, 7) is 0.566. The maximum atomic E-state index is 8.77. The van der Waals surface area contributed by atoms with Crippen LogP contribution >= 0.6 is 0 Å². The predicted octanol–water partition coefficient (Wildman–Crippen LogP) is 0.382. The van der Waals surface area contributed by atoms with Crippen molar-refractivity contribution in [3.63, 3.8) is 0 Å². The first kappa shape index (κ1) is 9.49. The molecule has 1 N–H and O–H groups in total. The molecule has 13 heavy (non-hydrogen) atoms. The number of hydrogen-bond acceptors (Lipinski definition) is 4. The van der Waals surface area contributed by atoms with E-state index >= 15 is 0 Å². The molecule has 0 radical (unpaired) electrons. The second kappa shape index (κ2) is 4.43. The fraction of sp³-hybridized carbons (Fsp3) is 0.333. The lowest BCUT2D eigenvalue weighted by molar-refractivity contribution is 0.304. The molecule has 0 amide bonds. The number of hydrogen-bond donors (Lipinski definition) is 1. The zero-order chi connectivity index (χ0) is 9.68. The summed E-state index contributed by atoms with van der Waals surface area (Å²) in [5.41, 5.74) is 1.32. The van der Waals surface area contributed by atoms with E-state index in [0.29, 0.717) is 12.1 Å². The molecule has 1 aromatic rings. The number of anilines is 1. The quantitative estimate of drug-likeness (QED) is 0.725. The molecule has 0 bridgehead atoms. The molecule has 0 aliphatic heterocycles. The summed E-state index contributed by atoms with van der Waals surface area (Å²) in [5.74, 6) is 0. The highest BCUT2D eigenvalue weighted by atomic mass is 16.3. The van der Waals surface area contributed by atoms with Crippen LogP contribution in [0.3, 0.4) is 0 Å². The highest BCUT2D eigenvalue weighted by Crippen LogP contribution is 2.15.